The van der Waals surface area contributed by atoms with Gasteiger partial charge < -0.3 is 14.3 Å². The van der Waals surface area contributed by atoms with Gasteiger partial charge in [-0.05, 0) is 18.6 Å². The van der Waals surface area contributed by atoms with Gasteiger partial charge in [-0.25, -0.2) is 4.39 Å². The molecule has 0 spiro atoms. The molecule has 1 fully saturated rings. The third kappa shape index (κ3) is 2.71. The third-order valence-electron chi connectivity index (χ3n) is 3.58. The summed E-state index contributed by atoms with van der Waals surface area (Å²) in [6.07, 6.45) is 0.895. The number of anilines is 1. The van der Waals surface area contributed by atoms with Gasteiger partial charge >= 0.3 is 5.97 Å². The number of ether oxygens (including phenoxy) is 1. The lowest BCUT2D eigenvalue weighted by molar-refractivity contribution is -0.132. The van der Waals surface area contributed by atoms with Crippen molar-refractivity contribution >= 4 is 29.4 Å². The SMILES string of the molecule is CC(=O)Oc1c(N2CCCC2=O)oc(-c2c(F)cccc2Cl)c1O. The maximum absolute atomic E-state index is 14.1. The van der Waals surface area contributed by atoms with Crippen molar-refractivity contribution in [3.63, 3.8) is 0 Å². The fourth-order valence-corrected chi connectivity index (χ4v) is 2.81. The maximum Gasteiger partial charge on any atom is 0.308 e. The van der Waals surface area contributed by atoms with Crippen LogP contribution >= 0.6 is 11.6 Å². The van der Waals surface area contributed by atoms with Gasteiger partial charge in [0, 0.05) is 19.9 Å². The zero-order valence-electron chi connectivity index (χ0n) is 12.6. The van der Waals surface area contributed by atoms with E-state index in [4.69, 9.17) is 20.8 Å². The molecule has 3 rings (SSSR count). The van der Waals surface area contributed by atoms with Gasteiger partial charge in [0.1, 0.15) is 5.82 Å². The normalized spacial score (nSPS) is 14.3. The minimum Gasteiger partial charge on any atom is -0.502 e. The van der Waals surface area contributed by atoms with Crippen LogP contribution in [0.3, 0.4) is 0 Å². The van der Waals surface area contributed by atoms with E-state index in [9.17, 15) is 19.1 Å². The van der Waals surface area contributed by atoms with Crippen LogP contribution in [0.2, 0.25) is 5.02 Å². The third-order valence-corrected chi connectivity index (χ3v) is 3.89. The molecule has 6 nitrogen and oxygen atoms in total. The largest absolute Gasteiger partial charge is 0.502 e. The smallest absolute Gasteiger partial charge is 0.308 e. The van der Waals surface area contributed by atoms with Gasteiger partial charge in [-0.3, -0.25) is 14.5 Å². The molecule has 0 radical (unpaired) electrons. The molecule has 0 atom stereocenters. The van der Waals surface area contributed by atoms with E-state index in [0.717, 1.165) is 13.0 Å². The fraction of sp³-hybridized carbons (Fsp3) is 0.250. The molecule has 8 heteroatoms. The Bertz CT molecular complexity index is 812. The number of halogens is 2. The highest BCUT2D eigenvalue weighted by Gasteiger charge is 2.34. The second-order valence-corrected chi connectivity index (χ2v) is 5.66. The first-order chi connectivity index (χ1) is 11.4. The number of rotatable bonds is 3. The number of hydrogen-bond donors (Lipinski definition) is 1. The number of furan rings is 1. The summed E-state index contributed by atoms with van der Waals surface area (Å²) in [6, 6.07) is 3.97. The molecule has 0 aliphatic carbocycles. The van der Waals surface area contributed by atoms with Crippen LogP contribution in [0.25, 0.3) is 11.3 Å². The topological polar surface area (TPSA) is 80.0 Å². The van der Waals surface area contributed by atoms with E-state index in [0.29, 0.717) is 19.4 Å². The predicted molar refractivity (Wildman–Crippen MR) is 83.7 cm³/mol. The predicted octanol–water partition coefficient (Wildman–Crippen LogP) is 3.50. The minimum atomic E-state index is -0.722. The Kier molecular flexibility index (Phi) is 4.19. The Balaban J connectivity index is 2.20. The molecule has 0 bridgehead atoms. The van der Waals surface area contributed by atoms with Crippen molar-refractivity contribution in [1.82, 2.24) is 0 Å². The summed E-state index contributed by atoms with van der Waals surface area (Å²) in [5, 5.41) is 10.4. The molecule has 1 aromatic carbocycles. The van der Waals surface area contributed by atoms with Crippen molar-refractivity contribution in [2.24, 2.45) is 0 Å². The van der Waals surface area contributed by atoms with E-state index in [-0.39, 0.29) is 33.9 Å². The van der Waals surface area contributed by atoms with Gasteiger partial charge in [-0.15, -0.1) is 0 Å². The molecule has 2 aromatic rings. The standard InChI is InChI=1S/C16H13ClFNO5/c1-8(20)23-15-13(22)14(12-9(17)4-2-5-10(12)18)24-16(15)19-7-3-6-11(19)21/h2,4-5,22H,3,6-7H2,1H3. The summed E-state index contributed by atoms with van der Waals surface area (Å²) >= 11 is 5.99. The summed E-state index contributed by atoms with van der Waals surface area (Å²) in [5.41, 5.74) is -0.178. The highest BCUT2D eigenvalue weighted by Crippen LogP contribution is 2.50. The monoisotopic (exact) mass is 353 g/mol. The lowest BCUT2D eigenvalue weighted by Gasteiger charge is -2.13. The van der Waals surface area contributed by atoms with Crippen LogP contribution < -0.4 is 9.64 Å². The molecule has 126 valence electrons. The highest BCUT2D eigenvalue weighted by atomic mass is 35.5. The zero-order valence-corrected chi connectivity index (χ0v) is 13.4. The molecular weight excluding hydrogens is 341 g/mol. The van der Waals surface area contributed by atoms with E-state index < -0.39 is 17.5 Å². The second-order valence-electron chi connectivity index (χ2n) is 5.25. The van der Waals surface area contributed by atoms with Crippen LogP contribution in [0.15, 0.2) is 22.6 Å². The average molecular weight is 354 g/mol. The number of carbonyl (C=O) groups is 2. The van der Waals surface area contributed by atoms with Gasteiger partial charge in [0.25, 0.3) is 5.88 Å². The van der Waals surface area contributed by atoms with Crippen LogP contribution in [0.5, 0.6) is 11.5 Å². The number of benzene rings is 1. The zero-order chi connectivity index (χ0) is 17.4. The van der Waals surface area contributed by atoms with E-state index in [2.05, 4.69) is 0 Å². The highest BCUT2D eigenvalue weighted by molar-refractivity contribution is 6.33. The van der Waals surface area contributed by atoms with Crippen molar-refractivity contribution in [3.05, 3.63) is 29.0 Å². The minimum absolute atomic E-state index is 0.00715. The first kappa shape index (κ1) is 16.3. The number of amides is 1. The quantitative estimate of drug-likeness (QED) is 0.854. The molecule has 1 aliphatic heterocycles. The van der Waals surface area contributed by atoms with Crippen LogP contribution in [0, 0.1) is 5.82 Å². The van der Waals surface area contributed by atoms with Crippen molar-refractivity contribution in [1.29, 1.82) is 0 Å². The summed E-state index contributed by atoms with van der Waals surface area (Å²) in [7, 11) is 0. The van der Waals surface area contributed by atoms with E-state index >= 15 is 0 Å². The molecule has 1 aromatic heterocycles. The second kappa shape index (κ2) is 6.16. The van der Waals surface area contributed by atoms with Crippen LogP contribution in [-0.2, 0) is 9.59 Å². The van der Waals surface area contributed by atoms with Gasteiger partial charge in [0.2, 0.25) is 17.4 Å². The summed E-state index contributed by atoms with van der Waals surface area (Å²) in [4.78, 5) is 24.5. The molecule has 1 saturated heterocycles. The molecule has 0 saturated carbocycles. The van der Waals surface area contributed by atoms with Crippen molar-refractivity contribution in [3.8, 4) is 22.8 Å². The Morgan fingerprint density at radius 1 is 1.46 bits per heavy atom. The number of esters is 1. The Hall–Kier alpha value is -2.54. The molecule has 2 heterocycles. The number of carbonyl (C=O) groups excluding carboxylic acids is 2. The molecule has 1 N–H and O–H groups in total. The number of aromatic hydroxyl groups is 1. The van der Waals surface area contributed by atoms with Gasteiger partial charge in [-0.2, -0.15) is 0 Å². The van der Waals surface area contributed by atoms with Crippen LogP contribution in [-0.4, -0.2) is 23.5 Å². The lowest BCUT2D eigenvalue weighted by atomic mass is 10.1. The van der Waals surface area contributed by atoms with Crippen LogP contribution in [0.1, 0.15) is 19.8 Å². The van der Waals surface area contributed by atoms with Gasteiger partial charge in [0.15, 0.2) is 5.76 Å². The van der Waals surface area contributed by atoms with Crippen LogP contribution in [0.4, 0.5) is 10.3 Å². The van der Waals surface area contributed by atoms with E-state index in [1.807, 2.05) is 0 Å². The van der Waals surface area contributed by atoms with Crippen molar-refractivity contribution < 1.29 is 28.2 Å². The van der Waals surface area contributed by atoms with Gasteiger partial charge in [-0.1, -0.05) is 17.7 Å². The molecular formula is C16H13ClFNO5. The summed E-state index contributed by atoms with van der Waals surface area (Å²) in [6.45, 7) is 1.47. The van der Waals surface area contributed by atoms with Gasteiger partial charge in [0.05, 0.1) is 10.6 Å². The summed E-state index contributed by atoms with van der Waals surface area (Å²) in [5.74, 6) is -3.05. The Labute approximate surface area is 141 Å². The molecule has 1 amide bonds. The van der Waals surface area contributed by atoms with Crippen molar-refractivity contribution in [2.45, 2.75) is 19.8 Å². The first-order valence-electron chi connectivity index (χ1n) is 7.19. The summed E-state index contributed by atoms with van der Waals surface area (Å²) < 4.78 is 24.6. The number of hydrogen-bond acceptors (Lipinski definition) is 5. The Morgan fingerprint density at radius 3 is 2.79 bits per heavy atom. The molecule has 24 heavy (non-hydrogen) atoms. The maximum atomic E-state index is 14.1. The fourth-order valence-electron chi connectivity index (χ4n) is 2.56. The van der Waals surface area contributed by atoms with E-state index in [1.54, 1.807) is 0 Å². The van der Waals surface area contributed by atoms with E-state index in [1.165, 1.54) is 17.0 Å². The molecule has 0 unspecified atom stereocenters. The molecule has 1 aliphatic rings. The Morgan fingerprint density at radius 2 is 2.21 bits per heavy atom. The number of nitrogens with zero attached hydrogens (tertiary/aromatic N) is 1. The lowest BCUT2D eigenvalue weighted by Crippen LogP contribution is -2.24. The first-order valence-corrected chi connectivity index (χ1v) is 7.57. The average Bonchev–Trinajstić information content (AvgIpc) is 3.05. The van der Waals surface area contributed by atoms with Crippen molar-refractivity contribution in [2.75, 3.05) is 11.4 Å².